The van der Waals surface area contributed by atoms with Gasteiger partial charge in [-0.15, -0.1) is 0 Å². The highest BCUT2D eigenvalue weighted by Gasteiger charge is 2.27. The molecule has 1 amide bonds. The monoisotopic (exact) mass is 418 g/mol. The maximum Gasteiger partial charge on any atom is 0.316 e. The van der Waals surface area contributed by atoms with Crippen molar-refractivity contribution in [2.75, 3.05) is 26.2 Å². The first-order chi connectivity index (χ1) is 14.0. The largest absolute Gasteiger partial charge is 0.458 e. The number of nitrogens with zero attached hydrogens (tertiary/aromatic N) is 4. The van der Waals surface area contributed by atoms with Crippen molar-refractivity contribution in [1.82, 2.24) is 19.2 Å². The van der Waals surface area contributed by atoms with Crippen LogP contribution >= 0.6 is 0 Å². The molecule has 1 fully saturated rings. The first kappa shape index (κ1) is 21.2. The predicted octanol–water partition coefficient (Wildman–Crippen LogP) is 2.19. The zero-order chi connectivity index (χ0) is 20.9. The molecule has 0 aliphatic carbocycles. The van der Waals surface area contributed by atoms with Gasteiger partial charge in [-0.05, 0) is 43.2 Å². The molecule has 8 nitrogen and oxygen atoms in total. The second kappa shape index (κ2) is 9.32. The highest BCUT2D eigenvalue weighted by molar-refractivity contribution is 7.89. The molecule has 9 heteroatoms. The molecule has 0 radical (unpaired) electrons. The number of likely N-dealkylation sites (tertiary alicyclic amines) is 1. The maximum absolute atomic E-state index is 12.9. The molecule has 1 aromatic carbocycles. The van der Waals surface area contributed by atoms with Crippen molar-refractivity contribution in [3.8, 4) is 6.01 Å². The fourth-order valence-corrected chi connectivity index (χ4v) is 4.84. The Morgan fingerprint density at radius 3 is 2.45 bits per heavy atom. The highest BCUT2D eigenvalue weighted by Crippen LogP contribution is 2.20. The SMILES string of the molecule is CCN(CC)S(=O)(=O)c1ccc(C(=O)N2CCCC(Oc3ncccn3)C2)cc1. The van der Waals surface area contributed by atoms with Crippen molar-refractivity contribution >= 4 is 15.9 Å². The lowest BCUT2D eigenvalue weighted by Gasteiger charge is -2.32. The lowest BCUT2D eigenvalue weighted by atomic mass is 10.1. The molecular weight excluding hydrogens is 392 g/mol. The van der Waals surface area contributed by atoms with Crippen molar-refractivity contribution in [1.29, 1.82) is 0 Å². The topological polar surface area (TPSA) is 92.7 Å². The van der Waals surface area contributed by atoms with Crippen LogP contribution in [0.15, 0.2) is 47.6 Å². The third-order valence-corrected chi connectivity index (χ3v) is 6.99. The van der Waals surface area contributed by atoms with Gasteiger partial charge in [-0.25, -0.2) is 18.4 Å². The summed E-state index contributed by atoms with van der Waals surface area (Å²) >= 11 is 0. The van der Waals surface area contributed by atoms with E-state index >= 15 is 0 Å². The quantitative estimate of drug-likeness (QED) is 0.684. The van der Waals surface area contributed by atoms with Crippen molar-refractivity contribution in [3.63, 3.8) is 0 Å². The lowest BCUT2D eigenvalue weighted by Crippen LogP contribution is -2.44. The van der Waals surface area contributed by atoms with Gasteiger partial charge in [0, 0.05) is 37.6 Å². The molecule has 156 valence electrons. The molecule has 1 aromatic heterocycles. The Morgan fingerprint density at radius 2 is 1.83 bits per heavy atom. The van der Waals surface area contributed by atoms with E-state index in [4.69, 9.17) is 4.74 Å². The summed E-state index contributed by atoms with van der Waals surface area (Å²) in [6.45, 7) is 5.48. The van der Waals surface area contributed by atoms with Crippen molar-refractivity contribution in [2.45, 2.75) is 37.7 Å². The minimum Gasteiger partial charge on any atom is -0.458 e. The van der Waals surface area contributed by atoms with E-state index in [9.17, 15) is 13.2 Å². The summed E-state index contributed by atoms with van der Waals surface area (Å²) in [4.78, 5) is 22.9. The van der Waals surface area contributed by atoms with Crippen LogP contribution in [0.4, 0.5) is 0 Å². The first-order valence-corrected chi connectivity index (χ1v) is 11.2. The third-order valence-electron chi connectivity index (χ3n) is 4.92. The first-order valence-electron chi connectivity index (χ1n) is 9.78. The molecule has 3 rings (SSSR count). The van der Waals surface area contributed by atoms with E-state index in [-0.39, 0.29) is 16.9 Å². The van der Waals surface area contributed by atoms with Gasteiger partial charge >= 0.3 is 6.01 Å². The van der Waals surface area contributed by atoms with E-state index < -0.39 is 10.0 Å². The minimum absolute atomic E-state index is 0.140. The number of aromatic nitrogens is 2. The van der Waals surface area contributed by atoms with Crippen LogP contribution in [0.5, 0.6) is 6.01 Å². The molecule has 1 aliphatic rings. The second-order valence-corrected chi connectivity index (χ2v) is 8.72. The van der Waals surface area contributed by atoms with Gasteiger partial charge in [0.25, 0.3) is 5.91 Å². The summed E-state index contributed by atoms with van der Waals surface area (Å²) in [7, 11) is -3.54. The predicted molar refractivity (Wildman–Crippen MR) is 108 cm³/mol. The number of rotatable bonds is 7. The Hall–Kier alpha value is -2.52. The average Bonchev–Trinajstić information content (AvgIpc) is 2.75. The van der Waals surface area contributed by atoms with E-state index in [2.05, 4.69) is 9.97 Å². The van der Waals surface area contributed by atoms with Gasteiger partial charge in [0.05, 0.1) is 11.4 Å². The number of amides is 1. The van der Waals surface area contributed by atoms with Crippen LogP contribution in [-0.2, 0) is 10.0 Å². The fourth-order valence-electron chi connectivity index (χ4n) is 3.38. The zero-order valence-corrected chi connectivity index (χ0v) is 17.5. The molecule has 1 unspecified atom stereocenters. The number of carbonyl (C=O) groups is 1. The van der Waals surface area contributed by atoms with Crippen molar-refractivity contribution in [3.05, 3.63) is 48.3 Å². The molecule has 29 heavy (non-hydrogen) atoms. The molecule has 0 saturated carbocycles. The molecule has 2 heterocycles. The molecule has 1 aliphatic heterocycles. The standard InChI is InChI=1S/C20H26N4O4S/c1-3-24(4-2)29(26,27)18-10-8-16(9-11-18)19(25)23-14-5-7-17(15-23)28-20-21-12-6-13-22-20/h6,8-13,17H,3-5,7,14-15H2,1-2H3. The van der Waals surface area contributed by atoms with Crippen LogP contribution < -0.4 is 4.74 Å². The van der Waals surface area contributed by atoms with Gasteiger partial charge in [0.1, 0.15) is 6.10 Å². The molecule has 1 saturated heterocycles. The Labute approximate surface area is 171 Å². The number of benzene rings is 1. The summed E-state index contributed by atoms with van der Waals surface area (Å²) < 4.78 is 32.4. The van der Waals surface area contributed by atoms with Crippen LogP contribution in [-0.4, -0.2) is 65.8 Å². The Balaban J connectivity index is 1.68. The maximum atomic E-state index is 12.9. The van der Waals surface area contributed by atoms with Gasteiger partial charge in [-0.3, -0.25) is 4.79 Å². The van der Waals surface area contributed by atoms with Gasteiger partial charge in [0.15, 0.2) is 0 Å². The summed E-state index contributed by atoms with van der Waals surface area (Å²) in [6.07, 6.45) is 4.70. The Bertz CT molecular complexity index is 915. The highest BCUT2D eigenvalue weighted by atomic mass is 32.2. The number of carbonyl (C=O) groups excluding carboxylic acids is 1. The van der Waals surface area contributed by atoms with Gasteiger partial charge in [0.2, 0.25) is 10.0 Å². The third kappa shape index (κ3) is 4.91. The summed E-state index contributed by atoms with van der Waals surface area (Å²) in [5, 5.41) is 0. The molecular formula is C20H26N4O4S. The van der Waals surface area contributed by atoms with Gasteiger partial charge < -0.3 is 9.64 Å². The van der Waals surface area contributed by atoms with Gasteiger partial charge in [-0.1, -0.05) is 13.8 Å². The smallest absolute Gasteiger partial charge is 0.316 e. The van der Waals surface area contributed by atoms with E-state index in [0.29, 0.717) is 37.8 Å². The summed E-state index contributed by atoms with van der Waals surface area (Å²) in [6, 6.07) is 8.16. The molecule has 0 bridgehead atoms. The number of piperidine rings is 1. The molecule has 1 atom stereocenters. The van der Waals surface area contributed by atoms with Gasteiger partial charge in [-0.2, -0.15) is 4.31 Å². The summed E-state index contributed by atoms with van der Waals surface area (Å²) in [5.74, 6) is -0.140. The van der Waals surface area contributed by atoms with Crippen LogP contribution in [0.3, 0.4) is 0 Å². The van der Waals surface area contributed by atoms with Crippen molar-refractivity contribution in [2.24, 2.45) is 0 Å². The van der Waals surface area contributed by atoms with E-state index in [0.717, 1.165) is 12.8 Å². The molecule has 2 aromatic rings. The average molecular weight is 419 g/mol. The Kier molecular flexibility index (Phi) is 6.81. The van der Waals surface area contributed by atoms with Crippen LogP contribution in [0, 0.1) is 0 Å². The summed E-state index contributed by atoms with van der Waals surface area (Å²) in [5.41, 5.74) is 0.458. The minimum atomic E-state index is -3.54. The van der Waals surface area contributed by atoms with Crippen LogP contribution in [0.1, 0.15) is 37.0 Å². The number of ether oxygens (including phenoxy) is 1. The number of hydrogen-bond acceptors (Lipinski definition) is 6. The van der Waals surface area contributed by atoms with E-state index in [1.165, 1.54) is 16.4 Å². The lowest BCUT2D eigenvalue weighted by molar-refractivity contribution is 0.0515. The fraction of sp³-hybridized carbons (Fsp3) is 0.450. The van der Waals surface area contributed by atoms with Crippen LogP contribution in [0.25, 0.3) is 0 Å². The van der Waals surface area contributed by atoms with Crippen LogP contribution in [0.2, 0.25) is 0 Å². The molecule has 0 spiro atoms. The molecule has 0 N–H and O–H groups in total. The van der Waals surface area contributed by atoms with E-state index in [1.807, 2.05) is 0 Å². The van der Waals surface area contributed by atoms with E-state index in [1.54, 1.807) is 49.3 Å². The second-order valence-electron chi connectivity index (χ2n) is 6.78. The zero-order valence-electron chi connectivity index (χ0n) is 16.7. The Morgan fingerprint density at radius 1 is 1.17 bits per heavy atom. The normalized spacial score (nSPS) is 17.3. The number of hydrogen-bond donors (Lipinski definition) is 0. The van der Waals surface area contributed by atoms with Crippen molar-refractivity contribution < 1.29 is 17.9 Å². The number of sulfonamides is 1.